The summed E-state index contributed by atoms with van der Waals surface area (Å²) in [5.74, 6) is 0.494. The van der Waals surface area contributed by atoms with Crippen LogP contribution in [0.4, 0.5) is 0 Å². The zero-order valence-corrected chi connectivity index (χ0v) is 10.6. The minimum atomic E-state index is 0.372. The number of nitrogens with zero attached hydrogens (tertiary/aromatic N) is 4. The molecule has 3 heterocycles. The Labute approximate surface area is 115 Å². The first-order valence-electron chi connectivity index (χ1n) is 5.70. The van der Waals surface area contributed by atoms with Crippen LogP contribution in [-0.2, 0) is 0 Å². The Morgan fingerprint density at radius 2 is 1.42 bits per heavy atom. The molecule has 0 atom stereocenters. The molecular weight excluding hydrogens is 260 g/mol. The fraction of sp³-hybridized carbons (Fsp3) is 0. The molecule has 0 saturated carbocycles. The summed E-state index contributed by atoms with van der Waals surface area (Å²) in [6, 6.07) is 12.9. The Kier molecular flexibility index (Phi) is 3.16. The van der Waals surface area contributed by atoms with Crippen LogP contribution in [-0.4, -0.2) is 19.9 Å². The van der Waals surface area contributed by atoms with Crippen molar-refractivity contribution >= 4 is 11.6 Å². The molecule has 4 nitrogen and oxygen atoms in total. The molecule has 5 heteroatoms. The zero-order valence-electron chi connectivity index (χ0n) is 9.86. The maximum Gasteiger partial charge on any atom is 0.180 e. The summed E-state index contributed by atoms with van der Waals surface area (Å²) < 4.78 is 0. The number of halogens is 1. The molecular formula is C14H9ClN4. The van der Waals surface area contributed by atoms with Crippen LogP contribution in [0.1, 0.15) is 0 Å². The summed E-state index contributed by atoms with van der Waals surface area (Å²) in [5.41, 5.74) is 2.12. The van der Waals surface area contributed by atoms with Gasteiger partial charge in [0.1, 0.15) is 10.8 Å². The highest BCUT2D eigenvalue weighted by molar-refractivity contribution is 6.29. The van der Waals surface area contributed by atoms with Gasteiger partial charge >= 0.3 is 0 Å². The Balaban J connectivity index is 2.12. The predicted octanol–water partition coefficient (Wildman–Crippen LogP) is 3.25. The predicted molar refractivity (Wildman–Crippen MR) is 73.5 cm³/mol. The minimum absolute atomic E-state index is 0.372. The lowest BCUT2D eigenvalue weighted by Gasteiger charge is -2.04. The van der Waals surface area contributed by atoms with Crippen LogP contribution >= 0.6 is 11.6 Å². The normalized spacial score (nSPS) is 10.4. The molecule has 0 radical (unpaired) electrons. The highest BCUT2D eigenvalue weighted by atomic mass is 35.5. The SMILES string of the molecule is Clc1cc(-c2ccccn2)nc(-c2ccccn2)n1. The third-order valence-corrected chi connectivity index (χ3v) is 2.71. The molecule has 0 bridgehead atoms. The van der Waals surface area contributed by atoms with E-state index in [0.717, 1.165) is 5.69 Å². The number of hydrogen-bond acceptors (Lipinski definition) is 4. The van der Waals surface area contributed by atoms with Crippen LogP contribution < -0.4 is 0 Å². The Bertz CT molecular complexity index is 629. The fourth-order valence-electron chi connectivity index (χ4n) is 1.67. The second-order valence-electron chi connectivity index (χ2n) is 3.83. The lowest BCUT2D eigenvalue weighted by molar-refractivity contribution is 1.13. The summed E-state index contributed by atoms with van der Waals surface area (Å²) in [4.78, 5) is 17.1. The smallest absolute Gasteiger partial charge is 0.180 e. The lowest BCUT2D eigenvalue weighted by atomic mass is 10.2. The van der Waals surface area contributed by atoms with Crippen LogP contribution in [0, 0.1) is 0 Å². The van der Waals surface area contributed by atoms with Crippen LogP contribution in [0.25, 0.3) is 22.9 Å². The molecule has 0 aromatic carbocycles. The molecule has 0 N–H and O–H groups in total. The standard InChI is InChI=1S/C14H9ClN4/c15-13-9-12(10-5-1-3-7-16-10)18-14(19-13)11-6-2-4-8-17-11/h1-9H. The summed E-state index contributed by atoms with van der Waals surface area (Å²) >= 11 is 6.04. The largest absolute Gasteiger partial charge is 0.255 e. The van der Waals surface area contributed by atoms with Crippen molar-refractivity contribution in [2.75, 3.05) is 0 Å². The van der Waals surface area contributed by atoms with E-state index in [-0.39, 0.29) is 0 Å². The zero-order chi connectivity index (χ0) is 13.1. The number of pyridine rings is 2. The third-order valence-electron chi connectivity index (χ3n) is 2.52. The maximum absolute atomic E-state index is 6.04. The first kappa shape index (κ1) is 11.7. The van der Waals surface area contributed by atoms with E-state index in [9.17, 15) is 0 Å². The molecule has 0 amide bonds. The van der Waals surface area contributed by atoms with Crippen LogP contribution in [0.5, 0.6) is 0 Å². The van der Waals surface area contributed by atoms with E-state index in [0.29, 0.717) is 22.4 Å². The van der Waals surface area contributed by atoms with Gasteiger partial charge in [0.25, 0.3) is 0 Å². The molecule has 3 aromatic heterocycles. The van der Waals surface area contributed by atoms with Crippen LogP contribution in [0.3, 0.4) is 0 Å². The van der Waals surface area contributed by atoms with Gasteiger partial charge in [0.05, 0.1) is 11.4 Å². The van der Waals surface area contributed by atoms with Crippen LogP contribution in [0.15, 0.2) is 54.9 Å². The molecule has 92 valence electrons. The van der Waals surface area contributed by atoms with Gasteiger partial charge in [-0.15, -0.1) is 0 Å². The van der Waals surface area contributed by atoms with Gasteiger partial charge in [-0.25, -0.2) is 9.97 Å². The molecule has 0 spiro atoms. The number of aromatic nitrogens is 4. The second-order valence-corrected chi connectivity index (χ2v) is 4.22. The van der Waals surface area contributed by atoms with E-state index in [2.05, 4.69) is 19.9 Å². The van der Waals surface area contributed by atoms with E-state index in [1.807, 2.05) is 36.4 Å². The van der Waals surface area contributed by atoms with Gasteiger partial charge in [-0.1, -0.05) is 23.7 Å². The summed E-state index contributed by atoms with van der Waals surface area (Å²) in [7, 11) is 0. The molecule has 0 unspecified atom stereocenters. The van der Waals surface area contributed by atoms with Gasteiger partial charge in [0, 0.05) is 18.5 Å². The maximum atomic E-state index is 6.04. The average Bonchev–Trinajstić information content (AvgIpc) is 2.48. The van der Waals surface area contributed by atoms with Crippen molar-refractivity contribution in [2.24, 2.45) is 0 Å². The molecule has 3 rings (SSSR count). The first-order chi connectivity index (χ1) is 9.33. The van der Waals surface area contributed by atoms with E-state index in [1.165, 1.54) is 0 Å². The van der Waals surface area contributed by atoms with Crippen molar-refractivity contribution in [3.05, 3.63) is 60.0 Å². The molecule has 3 aromatic rings. The van der Waals surface area contributed by atoms with E-state index >= 15 is 0 Å². The average molecular weight is 269 g/mol. The van der Waals surface area contributed by atoms with Crippen molar-refractivity contribution in [2.45, 2.75) is 0 Å². The van der Waals surface area contributed by atoms with Crippen molar-refractivity contribution in [3.8, 4) is 22.9 Å². The van der Waals surface area contributed by atoms with Crippen molar-refractivity contribution in [1.29, 1.82) is 0 Å². The fourth-order valence-corrected chi connectivity index (χ4v) is 1.86. The molecule has 0 saturated heterocycles. The Morgan fingerprint density at radius 3 is 2.05 bits per heavy atom. The minimum Gasteiger partial charge on any atom is -0.255 e. The molecule has 0 aliphatic heterocycles. The van der Waals surface area contributed by atoms with Gasteiger partial charge in [-0.2, -0.15) is 0 Å². The summed E-state index contributed by atoms with van der Waals surface area (Å²) in [6.45, 7) is 0. The molecule has 0 aliphatic carbocycles. The molecule has 0 aliphatic rings. The van der Waals surface area contributed by atoms with Gasteiger partial charge < -0.3 is 0 Å². The number of hydrogen-bond donors (Lipinski definition) is 0. The van der Waals surface area contributed by atoms with Crippen molar-refractivity contribution in [3.63, 3.8) is 0 Å². The number of rotatable bonds is 2. The second kappa shape index (κ2) is 5.12. The highest BCUT2D eigenvalue weighted by Gasteiger charge is 2.08. The van der Waals surface area contributed by atoms with Gasteiger partial charge in [0.2, 0.25) is 0 Å². The van der Waals surface area contributed by atoms with E-state index in [1.54, 1.807) is 18.5 Å². The monoisotopic (exact) mass is 268 g/mol. The molecule has 19 heavy (non-hydrogen) atoms. The lowest BCUT2D eigenvalue weighted by Crippen LogP contribution is -1.95. The topological polar surface area (TPSA) is 51.6 Å². The van der Waals surface area contributed by atoms with Crippen LogP contribution in [0.2, 0.25) is 5.15 Å². The van der Waals surface area contributed by atoms with Crippen molar-refractivity contribution < 1.29 is 0 Å². The molecule has 0 fully saturated rings. The summed E-state index contributed by atoms with van der Waals surface area (Å²) in [6.07, 6.45) is 3.41. The van der Waals surface area contributed by atoms with Gasteiger partial charge in [-0.3, -0.25) is 9.97 Å². The van der Waals surface area contributed by atoms with Crippen molar-refractivity contribution in [1.82, 2.24) is 19.9 Å². The summed E-state index contributed by atoms with van der Waals surface area (Å²) in [5, 5.41) is 0.372. The van der Waals surface area contributed by atoms with Gasteiger partial charge in [0.15, 0.2) is 5.82 Å². The van der Waals surface area contributed by atoms with E-state index in [4.69, 9.17) is 11.6 Å². The first-order valence-corrected chi connectivity index (χ1v) is 6.08. The quantitative estimate of drug-likeness (QED) is 0.670. The third kappa shape index (κ3) is 2.58. The van der Waals surface area contributed by atoms with E-state index < -0.39 is 0 Å². The van der Waals surface area contributed by atoms with Gasteiger partial charge in [-0.05, 0) is 24.3 Å². The Morgan fingerprint density at radius 1 is 0.737 bits per heavy atom. The Hall–Kier alpha value is -2.33. The highest BCUT2D eigenvalue weighted by Crippen LogP contribution is 2.21.